The van der Waals surface area contributed by atoms with E-state index in [-0.39, 0.29) is 69.7 Å². The third-order valence-corrected chi connectivity index (χ3v) is 13.0. The minimum Gasteiger partial charge on any atom is -0.493 e. The average Bonchev–Trinajstić information content (AvgIpc) is 4.23. The minimum atomic E-state index is -0.980. The van der Waals surface area contributed by atoms with Crippen LogP contribution in [0.2, 0.25) is 20.1 Å². The van der Waals surface area contributed by atoms with Crippen LogP contribution in [0.15, 0.2) is 124 Å². The third-order valence-electron chi connectivity index (χ3n) is 9.62. The highest BCUT2D eigenvalue weighted by molar-refractivity contribution is 8.18. The van der Waals surface area contributed by atoms with Crippen molar-refractivity contribution in [3.63, 3.8) is 0 Å². The van der Waals surface area contributed by atoms with Gasteiger partial charge in [0.25, 0.3) is 5.91 Å². The number of alkyl halides is 1. The molecule has 4 aliphatic rings. The number of aldehydes is 1. The van der Waals surface area contributed by atoms with Crippen molar-refractivity contribution in [3.8, 4) is 11.5 Å². The summed E-state index contributed by atoms with van der Waals surface area (Å²) in [4.78, 5) is 51.4. The first kappa shape index (κ1) is 72.5. The normalized spacial score (nSPS) is 14.1. The summed E-state index contributed by atoms with van der Waals surface area (Å²) in [6.45, 7) is 1.44. The standard InChI is InChI=1S/C18H12ClFN2O2S.C9H6ClFN2OS.C9H8O2.C7H6ClFN2S.C6H5ClFN.C2H3ClO2.4CH4/c19-13-3-2-12(20)9-14(13)21-18-22-17(23)16(25-18)8-10-1-4-15-11(7-10)5-6-24-15;10-6-2-1-5(11)3-7(6)12-9-13-8(14)4-15-9;10-6-7-1-2-9-8(5-7)3-4-11-9;8-5-2-1-4(9)3-6(5)11-7(10)12;7-5-2-1-4(8)3-6(5)9;3-1-2(4)5;;;;/h1-4,7-9H,5-6H2,(H,21,22,23);1-3H,4H2,(H,12,13,14);1-2,5-6H,3-4H2;1-3H,(H3,10,11,12);1-3H,9H2;1H2,(H,4,5);4*1H4/b16-8-;;;;;;;;;. The number of aliphatic carboxylic acids is 1. The molecule has 8 N–H and O–H groups in total. The number of carbonyl (C=O) groups excluding carboxylic acids is 3. The smallest absolute Gasteiger partial charge is 0.318 e. The second-order valence-corrected chi connectivity index (χ2v) is 19.6. The largest absolute Gasteiger partial charge is 0.493 e. The second kappa shape index (κ2) is 36.0. The molecule has 6 aromatic carbocycles. The maximum atomic E-state index is 13.3. The number of anilines is 2. The Morgan fingerprint density at radius 3 is 1.63 bits per heavy atom. The molecule has 0 spiro atoms. The molecule has 0 saturated carbocycles. The van der Waals surface area contributed by atoms with Crippen molar-refractivity contribution in [2.75, 3.05) is 35.9 Å². The monoisotopic (exact) mass is 1270 g/mol. The van der Waals surface area contributed by atoms with Gasteiger partial charge in [-0.3, -0.25) is 19.2 Å². The highest BCUT2D eigenvalue weighted by atomic mass is 35.5. The Labute approximate surface area is 506 Å². The molecule has 2 fully saturated rings. The van der Waals surface area contributed by atoms with E-state index in [1.54, 1.807) is 12.1 Å². The van der Waals surface area contributed by atoms with Crippen LogP contribution in [0.3, 0.4) is 0 Å². The number of halogens is 9. The van der Waals surface area contributed by atoms with Crippen molar-refractivity contribution in [1.29, 1.82) is 0 Å². The van der Waals surface area contributed by atoms with Gasteiger partial charge in [-0.2, -0.15) is 0 Å². The molecule has 0 unspecified atom stereocenters. The fourth-order valence-electron chi connectivity index (χ4n) is 6.20. The number of amidine groups is 2. The van der Waals surface area contributed by atoms with Crippen LogP contribution < -0.4 is 36.9 Å². The number of ether oxygens (including phenoxy) is 2. The van der Waals surface area contributed by atoms with Crippen molar-refractivity contribution < 1.29 is 51.3 Å². The van der Waals surface area contributed by atoms with E-state index in [1.165, 1.54) is 96.3 Å². The number of hydrogen-bond acceptors (Lipinski definition) is 12. The van der Waals surface area contributed by atoms with Crippen LogP contribution in [-0.4, -0.2) is 69.5 Å². The van der Waals surface area contributed by atoms with Crippen molar-refractivity contribution >= 4 is 162 Å². The summed E-state index contributed by atoms with van der Waals surface area (Å²) >= 11 is 34.8. The molecule has 0 radical (unpaired) electrons. The number of fused-ring (bicyclic) bond motifs is 2. The van der Waals surface area contributed by atoms with Crippen LogP contribution >= 0.6 is 93.7 Å². The Morgan fingerprint density at radius 1 is 0.691 bits per heavy atom. The van der Waals surface area contributed by atoms with Gasteiger partial charge in [0.05, 0.1) is 66.7 Å². The molecule has 2 saturated heterocycles. The average molecular weight is 1280 g/mol. The van der Waals surface area contributed by atoms with Gasteiger partial charge >= 0.3 is 5.97 Å². The number of rotatable bonds is 6. The lowest BCUT2D eigenvalue weighted by Crippen LogP contribution is -2.19. The van der Waals surface area contributed by atoms with E-state index < -0.39 is 23.4 Å². The summed E-state index contributed by atoms with van der Waals surface area (Å²) in [7, 11) is 0. The second-order valence-electron chi connectivity index (χ2n) is 15.3. The molecule has 0 aliphatic carbocycles. The van der Waals surface area contributed by atoms with Crippen LogP contribution in [0.4, 0.5) is 40.3 Å². The SMILES string of the molecule is C.C.C.C.NC(=S)Nc1cc(F)ccc1Cl.Nc1cc(F)ccc1Cl.O=C(O)CCl.O=C1CSC(=Nc2cc(F)ccc2Cl)N1.O=C1NC(=Nc2cc(F)ccc2Cl)S/C1=C\c1ccc2c(c1)CCO2.O=Cc1ccc2c(c1)CCO2. The number of nitrogens with one attached hydrogen (secondary N) is 3. The van der Waals surface area contributed by atoms with E-state index in [2.05, 4.69) is 38.2 Å². The Bertz CT molecular complexity index is 3270. The number of nitrogens with zero attached hydrogens (tertiary/aromatic N) is 2. The predicted molar refractivity (Wildman–Crippen MR) is 331 cm³/mol. The van der Waals surface area contributed by atoms with Gasteiger partial charge < -0.3 is 42.0 Å². The van der Waals surface area contributed by atoms with E-state index in [0.29, 0.717) is 59.1 Å². The summed E-state index contributed by atoms with van der Waals surface area (Å²) in [5.74, 6) is -1.07. The van der Waals surface area contributed by atoms with Crippen molar-refractivity contribution in [2.45, 2.75) is 42.5 Å². The minimum absolute atomic E-state index is 0. The zero-order valence-electron chi connectivity index (χ0n) is 39.4. The van der Waals surface area contributed by atoms with Crippen molar-refractivity contribution in [1.82, 2.24) is 10.6 Å². The maximum absolute atomic E-state index is 13.3. The highest BCUT2D eigenvalue weighted by Crippen LogP contribution is 2.34. The number of nitrogens with two attached hydrogens (primary N) is 2. The number of nitrogen functional groups attached to an aromatic ring is 1. The summed E-state index contributed by atoms with van der Waals surface area (Å²) in [5, 5.41) is 17.7. The van der Waals surface area contributed by atoms with Crippen LogP contribution in [-0.2, 0) is 27.2 Å². The molecule has 434 valence electrons. The summed E-state index contributed by atoms with van der Waals surface area (Å²) in [5.41, 5.74) is 15.6. The third kappa shape index (κ3) is 24.2. The summed E-state index contributed by atoms with van der Waals surface area (Å²) in [6, 6.07) is 26.9. The molecule has 0 aromatic heterocycles. The van der Waals surface area contributed by atoms with E-state index in [9.17, 15) is 36.7 Å². The lowest BCUT2D eigenvalue weighted by atomic mass is 10.1. The zero-order chi connectivity index (χ0) is 56.2. The highest BCUT2D eigenvalue weighted by Gasteiger charge is 2.25. The Morgan fingerprint density at radius 2 is 1.16 bits per heavy atom. The molecule has 2 amide bonds. The Balaban J connectivity index is 0.000000512. The number of thiocarbonyl (C=S) groups is 1. The van der Waals surface area contributed by atoms with Crippen LogP contribution in [0.1, 0.15) is 56.8 Å². The van der Waals surface area contributed by atoms with Gasteiger partial charge in [0, 0.05) is 30.5 Å². The van der Waals surface area contributed by atoms with Gasteiger partial charge in [0.2, 0.25) is 5.91 Å². The molecule has 10 rings (SSSR count). The molecule has 81 heavy (non-hydrogen) atoms. The lowest BCUT2D eigenvalue weighted by Gasteiger charge is -2.05. The first-order valence-electron chi connectivity index (χ1n) is 21.9. The quantitative estimate of drug-likeness (QED) is 0.0229. The molecular formula is C55H56Cl5F4N7O7S3. The maximum Gasteiger partial charge on any atom is 0.318 e. The summed E-state index contributed by atoms with van der Waals surface area (Å²) < 4.78 is 61.8. The van der Waals surface area contributed by atoms with Gasteiger partial charge in [-0.15, -0.1) is 11.6 Å². The van der Waals surface area contributed by atoms with E-state index >= 15 is 0 Å². The van der Waals surface area contributed by atoms with Crippen LogP contribution in [0.25, 0.3) is 6.08 Å². The number of hydrogen-bond donors (Lipinski definition) is 6. The molecule has 4 heterocycles. The summed E-state index contributed by atoms with van der Waals surface area (Å²) in [6.07, 6.45) is 4.46. The number of thioether (sulfide) groups is 2. The molecule has 14 nitrogen and oxygen atoms in total. The number of aliphatic imine (C=N–C) groups is 2. The molecule has 6 aromatic rings. The van der Waals surface area contributed by atoms with Gasteiger partial charge in [-0.1, -0.05) is 93.9 Å². The van der Waals surface area contributed by atoms with E-state index in [1.807, 2.05) is 30.3 Å². The van der Waals surface area contributed by atoms with Gasteiger partial charge in [0.15, 0.2) is 15.4 Å². The van der Waals surface area contributed by atoms with Gasteiger partial charge in [-0.05, 0) is 138 Å². The van der Waals surface area contributed by atoms with Crippen LogP contribution in [0, 0.1) is 23.3 Å². The number of carboxylic acid groups (broad SMARTS) is 1. The van der Waals surface area contributed by atoms with Crippen LogP contribution in [0.5, 0.6) is 11.5 Å². The van der Waals surface area contributed by atoms with E-state index in [4.69, 9.17) is 84.1 Å². The molecule has 0 bridgehead atoms. The van der Waals surface area contributed by atoms with Crippen molar-refractivity contribution in [3.05, 3.63) is 180 Å². The fraction of sp³-hybridized carbons (Fsp3) is 0.182. The van der Waals surface area contributed by atoms with E-state index in [0.717, 1.165) is 59.5 Å². The Kier molecular flexibility index (Phi) is 32.2. The first-order valence-corrected chi connectivity index (χ1v) is 26.1. The predicted octanol–water partition coefficient (Wildman–Crippen LogP) is 15.1. The van der Waals surface area contributed by atoms with Gasteiger partial charge in [0.1, 0.15) is 46.9 Å². The zero-order valence-corrected chi connectivity index (χ0v) is 45.6. The molecule has 4 aliphatic heterocycles. The van der Waals surface area contributed by atoms with Crippen molar-refractivity contribution in [2.24, 2.45) is 15.7 Å². The fourth-order valence-corrected chi connectivity index (χ4v) is 8.43. The number of carboxylic acids is 1. The molecule has 26 heteroatoms. The number of carbonyl (C=O) groups is 4. The lowest BCUT2D eigenvalue weighted by molar-refractivity contribution is -0.134. The molecule has 0 atom stereocenters. The Hall–Kier alpha value is -6.56. The topological polar surface area (TPSA) is 220 Å². The van der Waals surface area contributed by atoms with Gasteiger partial charge in [-0.25, -0.2) is 27.5 Å². The first-order chi connectivity index (χ1) is 36.7. The number of benzene rings is 6. The number of amides is 2. The molecular weight excluding hydrogens is 1220 g/mol.